The lowest BCUT2D eigenvalue weighted by atomic mass is 10.1. The van der Waals surface area contributed by atoms with Crippen LogP contribution in [0.15, 0.2) is 36.4 Å². The van der Waals surface area contributed by atoms with Crippen LogP contribution in [0.25, 0.3) is 0 Å². The predicted molar refractivity (Wildman–Crippen MR) is 94.8 cm³/mol. The highest BCUT2D eigenvalue weighted by atomic mass is 127. The van der Waals surface area contributed by atoms with Crippen LogP contribution < -0.4 is 11.1 Å². The van der Waals surface area contributed by atoms with Crippen LogP contribution in [-0.2, 0) is 0 Å². The first-order chi connectivity index (χ1) is 8.97. The third kappa shape index (κ3) is 3.72. The molecule has 19 heavy (non-hydrogen) atoms. The van der Waals surface area contributed by atoms with Crippen molar-refractivity contribution in [2.24, 2.45) is 5.73 Å². The summed E-state index contributed by atoms with van der Waals surface area (Å²) in [5.41, 5.74) is 8.16. The number of halogens is 3. The first-order valence-electron chi connectivity index (χ1n) is 5.29. The molecular weight excluding hydrogens is 414 g/mol. The van der Waals surface area contributed by atoms with Crippen LogP contribution in [0.4, 0.5) is 11.4 Å². The summed E-state index contributed by atoms with van der Waals surface area (Å²) in [6, 6.07) is 10.9. The highest BCUT2D eigenvalue weighted by molar-refractivity contribution is 14.1. The van der Waals surface area contributed by atoms with Gasteiger partial charge in [0.1, 0.15) is 4.99 Å². The maximum absolute atomic E-state index is 6.01. The number of nitrogens with two attached hydrogens (primary N) is 1. The van der Waals surface area contributed by atoms with Gasteiger partial charge in [-0.25, -0.2) is 0 Å². The van der Waals surface area contributed by atoms with E-state index in [4.69, 9.17) is 41.2 Å². The van der Waals surface area contributed by atoms with Crippen molar-refractivity contribution < 1.29 is 0 Å². The molecule has 98 valence electrons. The monoisotopic (exact) mass is 422 g/mol. The molecule has 2 rings (SSSR count). The number of rotatable bonds is 3. The van der Waals surface area contributed by atoms with Crippen LogP contribution >= 0.6 is 58.0 Å². The number of thiocarbonyl (C=S) groups is 1. The minimum atomic E-state index is 0.322. The Kier molecular flexibility index (Phi) is 4.89. The quantitative estimate of drug-likeness (QED) is 0.541. The van der Waals surface area contributed by atoms with Gasteiger partial charge in [-0.15, -0.1) is 0 Å². The van der Waals surface area contributed by atoms with E-state index in [1.165, 1.54) is 0 Å². The third-order valence-electron chi connectivity index (χ3n) is 2.45. The summed E-state index contributed by atoms with van der Waals surface area (Å²) in [4.78, 5) is 0.322. The SMILES string of the molecule is NC(=S)c1ccc(Cl)cc1Nc1ccc(Cl)cc1I. The highest BCUT2D eigenvalue weighted by Crippen LogP contribution is 2.29. The molecule has 0 amide bonds. The van der Waals surface area contributed by atoms with Crippen molar-refractivity contribution >= 4 is 74.4 Å². The summed E-state index contributed by atoms with van der Waals surface area (Å²) in [5, 5.41) is 4.58. The average molecular weight is 423 g/mol. The van der Waals surface area contributed by atoms with Gasteiger partial charge in [0, 0.05) is 19.2 Å². The van der Waals surface area contributed by atoms with E-state index < -0.39 is 0 Å². The van der Waals surface area contributed by atoms with Crippen molar-refractivity contribution in [1.29, 1.82) is 0 Å². The molecule has 0 aliphatic rings. The molecule has 0 aromatic heterocycles. The van der Waals surface area contributed by atoms with Gasteiger partial charge >= 0.3 is 0 Å². The van der Waals surface area contributed by atoms with Crippen molar-refractivity contribution in [3.05, 3.63) is 55.6 Å². The maximum atomic E-state index is 6.01. The van der Waals surface area contributed by atoms with E-state index in [9.17, 15) is 0 Å². The van der Waals surface area contributed by atoms with Crippen LogP contribution in [0.3, 0.4) is 0 Å². The second-order valence-corrected chi connectivity index (χ2v) is 6.28. The maximum Gasteiger partial charge on any atom is 0.106 e. The molecular formula is C13H9Cl2IN2S. The van der Waals surface area contributed by atoms with Crippen LogP contribution in [-0.4, -0.2) is 4.99 Å². The van der Waals surface area contributed by atoms with E-state index in [0.29, 0.717) is 15.0 Å². The molecule has 0 bridgehead atoms. The number of hydrogen-bond donors (Lipinski definition) is 2. The minimum absolute atomic E-state index is 0.322. The number of nitrogens with one attached hydrogen (secondary N) is 1. The molecule has 6 heteroatoms. The van der Waals surface area contributed by atoms with E-state index in [1.807, 2.05) is 18.2 Å². The Morgan fingerprint density at radius 1 is 1.05 bits per heavy atom. The molecule has 0 aliphatic heterocycles. The predicted octanol–water partition coefficient (Wildman–Crippen LogP) is 4.98. The molecule has 0 saturated carbocycles. The molecule has 0 heterocycles. The first kappa shape index (κ1) is 14.8. The van der Waals surface area contributed by atoms with Gasteiger partial charge < -0.3 is 11.1 Å². The smallest absolute Gasteiger partial charge is 0.106 e. The lowest BCUT2D eigenvalue weighted by Gasteiger charge is -2.13. The van der Waals surface area contributed by atoms with E-state index in [2.05, 4.69) is 27.9 Å². The molecule has 2 aromatic carbocycles. The molecule has 0 fully saturated rings. The van der Waals surface area contributed by atoms with E-state index >= 15 is 0 Å². The number of hydrogen-bond acceptors (Lipinski definition) is 2. The van der Waals surface area contributed by atoms with E-state index in [1.54, 1.807) is 18.2 Å². The summed E-state index contributed by atoms with van der Waals surface area (Å²) < 4.78 is 0.999. The third-order valence-corrected chi connectivity index (χ3v) is 4.03. The Balaban J connectivity index is 2.42. The molecule has 0 unspecified atom stereocenters. The van der Waals surface area contributed by atoms with Gasteiger partial charge in [-0.2, -0.15) is 0 Å². The first-order valence-corrected chi connectivity index (χ1v) is 7.53. The van der Waals surface area contributed by atoms with Crippen LogP contribution in [0.1, 0.15) is 5.56 Å². The molecule has 2 aromatic rings. The normalized spacial score (nSPS) is 10.3. The lowest BCUT2D eigenvalue weighted by molar-refractivity contribution is 1.50. The zero-order valence-electron chi connectivity index (χ0n) is 9.58. The van der Waals surface area contributed by atoms with Crippen LogP contribution in [0, 0.1) is 3.57 Å². The highest BCUT2D eigenvalue weighted by Gasteiger charge is 2.08. The Hall–Kier alpha value is -0.560. The summed E-state index contributed by atoms with van der Waals surface area (Å²) in [6.45, 7) is 0. The van der Waals surface area contributed by atoms with Crippen LogP contribution in [0.5, 0.6) is 0 Å². The summed E-state index contributed by atoms with van der Waals surface area (Å²) in [5.74, 6) is 0. The largest absolute Gasteiger partial charge is 0.389 e. The van der Waals surface area contributed by atoms with Gasteiger partial charge in [0.25, 0.3) is 0 Å². The van der Waals surface area contributed by atoms with Crippen molar-refractivity contribution in [3.63, 3.8) is 0 Å². The number of benzene rings is 2. The molecule has 0 spiro atoms. The van der Waals surface area contributed by atoms with Crippen LogP contribution in [0.2, 0.25) is 10.0 Å². The van der Waals surface area contributed by atoms with Gasteiger partial charge in [0.15, 0.2) is 0 Å². The second-order valence-electron chi connectivity index (χ2n) is 3.80. The Morgan fingerprint density at radius 3 is 2.32 bits per heavy atom. The van der Waals surface area contributed by atoms with Crippen molar-refractivity contribution in [2.45, 2.75) is 0 Å². The Labute approximate surface area is 140 Å². The zero-order chi connectivity index (χ0) is 14.0. The lowest BCUT2D eigenvalue weighted by Crippen LogP contribution is -2.12. The molecule has 0 radical (unpaired) electrons. The van der Waals surface area contributed by atoms with Gasteiger partial charge in [0.2, 0.25) is 0 Å². The second kappa shape index (κ2) is 6.26. The Bertz CT molecular complexity index is 647. The topological polar surface area (TPSA) is 38.0 Å². The molecule has 2 nitrogen and oxygen atoms in total. The van der Waals surface area contributed by atoms with Gasteiger partial charge in [-0.3, -0.25) is 0 Å². The average Bonchev–Trinajstić information content (AvgIpc) is 2.32. The van der Waals surface area contributed by atoms with E-state index in [-0.39, 0.29) is 0 Å². The zero-order valence-corrected chi connectivity index (χ0v) is 14.1. The molecule has 0 atom stereocenters. The Morgan fingerprint density at radius 2 is 1.68 bits per heavy atom. The minimum Gasteiger partial charge on any atom is -0.389 e. The summed E-state index contributed by atoms with van der Waals surface area (Å²) in [7, 11) is 0. The molecule has 0 aliphatic carbocycles. The fourth-order valence-electron chi connectivity index (χ4n) is 1.57. The van der Waals surface area contributed by atoms with Crippen molar-refractivity contribution in [1.82, 2.24) is 0 Å². The van der Waals surface area contributed by atoms with Gasteiger partial charge in [-0.1, -0.05) is 35.4 Å². The fraction of sp³-hybridized carbons (Fsp3) is 0. The molecule has 3 N–H and O–H groups in total. The van der Waals surface area contributed by atoms with Gasteiger partial charge in [0.05, 0.1) is 11.4 Å². The molecule has 0 saturated heterocycles. The van der Waals surface area contributed by atoms with Crippen molar-refractivity contribution in [3.8, 4) is 0 Å². The van der Waals surface area contributed by atoms with Gasteiger partial charge in [-0.05, 0) is 59.0 Å². The van der Waals surface area contributed by atoms with E-state index in [0.717, 1.165) is 20.5 Å². The summed E-state index contributed by atoms with van der Waals surface area (Å²) >= 11 is 19.2. The number of anilines is 2. The fourth-order valence-corrected chi connectivity index (χ4v) is 2.93. The standard InChI is InChI=1S/C13H9Cl2IN2S/c14-7-2-4-11(10(16)5-7)18-12-6-8(15)1-3-9(12)13(17)19/h1-6,18H,(H2,17,19). The van der Waals surface area contributed by atoms with Crippen molar-refractivity contribution in [2.75, 3.05) is 5.32 Å². The summed E-state index contributed by atoms with van der Waals surface area (Å²) in [6.07, 6.45) is 0.